The SMILES string of the molecule is Cc1ccc(C(C)NC(=O)c2ccc(C#CCO)cn2)o1. The lowest BCUT2D eigenvalue weighted by atomic mass is 10.2. The van der Waals surface area contributed by atoms with Gasteiger partial charge in [0.1, 0.15) is 23.8 Å². The number of aliphatic hydroxyl groups is 1. The molecule has 5 nitrogen and oxygen atoms in total. The van der Waals surface area contributed by atoms with Crippen LogP contribution in [0.3, 0.4) is 0 Å². The van der Waals surface area contributed by atoms with Gasteiger partial charge >= 0.3 is 0 Å². The molecule has 0 aliphatic rings. The first-order valence-electron chi connectivity index (χ1n) is 6.53. The van der Waals surface area contributed by atoms with Crippen molar-refractivity contribution in [3.8, 4) is 11.8 Å². The number of carbonyl (C=O) groups excluding carboxylic acids is 1. The summed E-state index contributed by atoms with van der Waals surface area (Å²) < 4.78 is 5.47. The highest BCUT2D eigenvalue weighted by Gasteiger charge is 2.14. The Morgan fingerprint density at radius 1 is 1.43 bits per heavy atom. The third-order valence-corrected chi connectivity index (χ3v) is 2.84. The fraction of sp³-hybridized carbons (Fsp3) is 0.250. The minimum atomic E-state index is -0.279. The molecule has 0 bridgehead atoms. The average Bonchev–Trinajstić information content (AvgIpc) is 2.92. The van der Waals surface area contributed by atoms with Crippen molar-refractivity contribution in [1.82, 2.24) is 10.3 Å². The van der Waals surface area contributed by atoms with E-state index in [0.717, 1.165) is 5.76 Å². The van der Waals surface area contributed by atoms with E-state index in [2.05, 4.69) is 22.1 Å². The smallest absolute Gasteiger partial charge is 0.270 e. The molecule has 0 saturated heterocycles. The zero-order valence-electron chi connectivity index (χ0n) is 11.9. The molecule has 2 aromatic heterocycles. The van der Waals surface area contributed by atoms with Crippen LogP contribution in [-0.2, 0) is 0 Å². The number of carbonyl (C=O) groups is 1. The number of rotatable bonds is 3. The van der Waals surface area contributed by atoms with Crippen molar-refractivity contribution in [3.63, 3.8) is 0 Å². The van der Waals surface area contributed by atoms with Crippen LogP contribution in [0.4, 0.5) is 0 Å². The Morgan fingerprint density at radius 2 is 2.24 bits per heavy atom. The monoisotopic (exact) mass is 284 g/mol. The first-order valence-corrected chi connectivity index (χ1v) is 6.53. The summed E-state index contributed by atoms with van der Waals surface area (Å²) in [6.45, 7) is 3.49. The zero-order valence-corrected chi connectivity index (χ0v) is 11.9. The highest BCUT2D eigenvalue weighted by molar-refractivity contribution is 5.92. The topological polar surface area (TPSA) is 75.4 Å². The Labute approximate surface area is 123 Å². The highest BCUT2D eigenvalue weighted by atomic mass is 16.3. The molecule has 5 heteroatoms. The summed E-state index contributed by atoms with van der Waals surface area (Å²) in [5, 5.41) is 11.4. The van der Waals surface area contributed by atoms with Gasteiger partial charge < -0.3 is 14.8 Å². The predicted molar refractivity (Wildman–Crippen MR) is 77.5 cm³/mol. The van der Waals surface area contributed by atoms with Crippen LogP contribution < -0.4 is 5.32 Å². The molecule has 21 heavy (non-hydrogen) atoms. The van der Waals surface area contributed by atoms with E-state index in [1.807, 2.05) is 26.0 Å². The van der Waals surface area contributed by atoms with Gasteiger partial charge in [0.2, 0.25) is 0 Å². The number of aliphatic hydroxyl groups excluding tert-OH is 1. The number of hydrogen-bond acceptors (Lipinski definition) is 4. The average molecular weight is 284 g/mol. The molecule has 0 aromatic carbocycles. The lowest BCUT2D eigenvalue weighted by molar-refractivity contribution is 0.0930. The molecule has 0 aliphatic carbocycles. The number of furan rings is 1. The van der Waals surface area contributed by atoms with Crippen LogP contribution in [0.15, 0.2) is 34.9 Å². The standard InChI is InChI=1S/C16H16N2O3/c1-11-5-8-15(21-11)12(2)18-16(20)14-7-6-13(10-17-14)4-3-9-19/h5-8,10,12,19H,9H2,1-2H3,(H,18,20). The maximum absolute atomic E-state index is 12.1. The molecular weight excluding hydrogens is 268 g/mol. The molecule has 0 fully saturated rings. The molecule has 0 spiro atoms. The number of pyridine rings is 1. The molecule has 0 aliphatic heterocycles. The van der Waals surface area contributed by atoms with Gasteiger partial charge in [0.05, 0.1) is 6.04 Å². The Hall–Kier alpha value is -2.58. The van der Waals surface area contributed by atoms with E-state index in [-0.39, 0.29) is 18.6 Å². The van der Waals surface area contributed by atoms with Crippen LogP contribution in [0.5, 0.6) is 0 Å². The number of aromatic nitrogens is 1. The molecule has 0 radical (unpaired) electrons. The van der Waals surface area contributed by atoms with E-state index in [4.69, 9.17) is 9.52 Å². The highest BCUT2D eigenvalue weighted by Crippen LogP contribution is 2.15. The second kappa shape index (κ2) is 6.73. The largest absolute Gasteiger partial charge is 0.464 e. The molecule has 1 amide bonds. The van der Waals surface area contributed by atoms with E-state index in [1.54, 1.807) is 12.1 Å². The molecule has 1 atom stereocenters. The van der Waals surface area contributed by atoms with E-state index in [1.165, 1.54) is 6.20 Å². The maximum atomic E-state index is 12.1. The van der Waals surface area contributed by atoms with Crippen LogP contribution >= 0.6 is 0 Å². The van der Waals surface area contributed by atoms with E-state index in [0.29, 0.717) is 17.0 Å². The number of aryl methyl sites for hydroxylation is 1. The van der Waals surface area contributed by atoms with Gasteiger partial charge in [-0.2, -0.15) is 0 Å². The maximum Gasteiger partial charge on any atom is 0.270 e. The number of nitrogens with one attached hydrogen (secondary N) is 1. The normalized spacial score (nSPS) is 11.4. The van der Waals surface area contributed by atoms with E-state index < -0.39 is 0 Å². The summed E-state index contributed by atoms with van der Waals surface area (Å²) in [7, 11) is 0. The molecule has 0 saturated carbocycles. The third kappa shape index (κ3) is 3.94. The molecule has 2 aromatic rings. The van der Waals surface area contributed by atoms with Crippen molar-refractivity contribution in [2.24, 2.45) is 0 Å². The van der Waals surface area contributed by atoms with Gasteiger partial charge in [-0.05, 0) is 38.1 Å². The van der Waals surface area contributed by atoms with Crippen LogP contribution in [0.25, 0.3) is 0 Å². The minimum Gasteiger partial charge on any atom is -0.464 e. The van der Waals surface area contributed by atoms with Gasteiger partial charge in [-0.1, -0.05) is 11.8 Å². The number of hydrogen-bond donors (Lipinski definition) is 2. The first kappa shape index (κ1) is 14.8. The minimum absolute atomic E-state index is 0.206. The van der Waals surface area contributed by atoms with Gasteiger partial charge in [-0.25, -0.2) is 4.98 Å². The quantitative estimate of drug-likeness (QED) is 0.843. The lowest BCUT2D eigenvalue weighted by Crippen LogP contribution is -2.27. The first-order chi connectivity index (χ1) is 10.1. The van der Waals surface area contributed by atoms with Crippen LogP contribution in [0.1, 0.15) is 40.5 Å². The van der Waals surface area contributed by atoms with Crippen LogP contribution in [0.2, 0.25) is 0 Å². The Morgan fingerprint density at radius 3 is 2.81 bits per heavy atom. The predicted octanol–water partition coefficient (Wildman–Crippen LogP) is 1.82. The van der Waals surface area contributed by atoms with Gasteiger partial charge in [0.15, 0.2) is 0 Å². The summed E-state index contributed by atoms with van der Waals surface area (Å²) >= 11 is 0. The second-order valence-electron chi connectivity index (χ2n) is 4.54. The Balaban J connectivity index is 2.03. The summed E-state index contributed by atoms with van der Waals surface area (Å²) in [4.78, 5) is 16.1. The van der Waals surface area contributed by atoms with Gasteiger partial charge in [0.25, 0.3) is 5.91 Å². The molecule has 2 N–H and O–H groups in total. The third-order valence-electron chi connectivity index (χ3n) is 2.84. The zero-order chi connectivity index (χ0) is 15.2. The van der Waals surface area contributed by atoms with Gasteiger partial charge in [-0.3, -0.25) is 4.79 Å². The van der Waals surface area contributed by atoms with Gasteiger partial charge in [0, 0.05) is 11.8 Å². The van der Waals surface area contributed by atoms with Crippen LogP contribution in [-0.4, -0.2) is 22.6 Å². The van der Waals surface area contributed by atoms with Crippen molar-refractivity contribution in [2.45, 2.75) is 19.9 Å². The summed E-state index contributed by atoms with van der Waals surface area (Å²) in [5.74, 6) is 6.47. The summed E-state index contributed by atoms with van der Waals surface area (Å²) in [5.41, 5.74) is 0.954. The second-order valence-corrected chi connectivity index (χ2v) is 4.54. The van der Waals surface area contributed by atoms with Crippen molar-refractivity contribution in [3.05, 3.63) is 53.2 Å². The number of amides is 1. The molecule has 2 rings (SSSR count). The van der Waals surface area contributed by atoms with E-state index >= 15 is 0 Å². The molecule has 2 heterocycles. The fourth-order valence-corrected chi connectivity index (χ4v) is 1.77. The van der Waals surface area contributed by atoms with E-state index in [9.17, 15) is 4.79 Å². The van der Waals surface area contributed by atoms with Crippen molar-refractivity contribution < 1.29 is 14.3 Å². The summed E-state index contributed by atoms with van der Waals surface area (Å²) in [6, 6.07) is 6.73. The van der Waals surface area contributed by atoms with Crippen molar-refractivity contribution in [2.75, 3.05) is 6.61 Å². The molecule has 1 unspecified atom stereocenters. The Bertz CT molecular complexity index is 678. The lowest BCUT2D eigenvalue weighted by Gasteiger charge is -2.11. The molecular formula is C16H16N2O3. The van der Waals surface area contributed by atoms with Crippen molar-refractivity contribution >= 4 is 5.91 Å². The number of nitrogens with zero attached hydrogens (tertiary/aromatic N) is 1. The molecule has 108 valence electrons. The van der Waals surface area contributed by atoms with Gasteiger partial charge in [-0.15, -0.1) is 0 Å². The van der Waals surface area contributed by atoms with Crippen molar-refractivity contribution in [1.29, 1.82) is 0 Å². The Kier molecular flexibility index (Phi) is 4.75. The van der Waals surface area contributed by atoms with Crippen LogP contribution in [0, 0.1) is 18.8 Å². The fourth-order valence-electron chi connectivity index (χ4n) is 1.77. The summed E-state index contributed by atoms with van der Waals surface area (Å²) in [6.07, 6.45) is 1.50.